The Labute approximate surface area is 94.5 Å². The molecule has 2 rings (SSSR count). The first-order chi connectivity index (χ1) is 7.72. The van der Waals surface area contributed by atoms with Gasteiger partial charge in [-0.2, -0.15) is 0 Å². The van der Waals surface area contributed by atoms with E-state index in [0.29, 0.717) is 6.42 Å². The van der Waals surface area contributed by atoms with Crippen molar-refractivity contribution < 1.29 is 9.90 Å². The van der Waals surface area contributed by atoms with Crippen LogP contribution in [0.4, 0.5) is 0 Å². The van der Waals surface area contributed by atoms with Crippen LogP contribution in [0, 0.1) is 0 Å². The molecule has 0 heterocycles. The first kappa shape index (κ1) is 10.7. The molecule has 1 N–H and O–H groups in total. The molecule has 1 atom stereocenters. The molecule has 2 aromatic carbocycles. The average molecular weight is 214 g/mol. The molecule has 0 bridgehead atoms. The van der Waals surface area contributed by atoms with Crippen LogP contribution >= 0.6 is 0 Å². The predicted molar refractivity (Wildman–Crippen MR) is 64.6 cm³/mol. The Morgan fingerprint density at radius 3 is 2.50 bits per heavy atom. The lowest BCUT2D eigenvalue weighted by atomic mass is 9.94. The zero-order valence-corrected chi connectivity index (χ0v) is 9.18. The van der Waals surface area contributed by atoms with E-state index in [0.717, 1.165) is 16.3 Å². The summed E-state index contributed by atoms with van der Waals surface area (Å²) in [6.45, 7) is 1.90. The van der Waals surface area contributed by atoms with Crippen molar-refractivity contribution in [2.75, 3.05) is 0 Å². The lowest BCUT2D eigenvalue weighted by Crippen LogP contribution is -2.10. The fourth-order valence-electron chi connectivity index (χ4n) is 1.98. The molecule has 0 aromatic heterocycles. The second-order valence-electron chi connectivity index (χ2n) is 3.91. The van der Waals surface area contributed by atoms with E-state index >= 15 is 0 Å². The second kappa shape index (κ2) is 4.35. The van der Waals surface area contributed by atoms with Gasteiger partial charge in [0.1, 0.15) is 0 Å². The zero-order valence-electron chi connectivity index (χ0n) is 9.18. The average Bonchev–Trinajstić information content (AvgIpc) is 2.29. The van der Waals surface area contributed by atoms with Gasteiger partial charge in [-0.15, -0.1) is 0 Å². The van der Waals surface area contributed by atoms with Gasteiger partial charge >= 0.3 is 5.97 Å². The smallest absolute Gasteiger partial charge is 0.310 e. The summed E-state index contributed by atoms with van der Waals surface area (Å²) in [6.07, 6.45) is 0.619. The van der Waals surface area contributed by atoms with Crippen LogP contribution in [0.15, 0.2) is 42.5 Å². The number of fused-ring (bicyclic) bond motifs is 1. The van der Waals surface area contributed by atoms with Gasteiger partial charge in [0.25, 0.3) is 0 Å². The number of aliphatic carboxylic acids is 1. The molecule has 0 saturated carbocycles. The Bertz CT molecular complexity index is 517. The molecule has 2 aromatic rings. The highest BCUT2D eigenvalue weighted by atomic mass is 16.4. The number of benzene rings is 2. The molecule has 0 aliphatic rings. The van der Waals surface area contributed by atoms with Crippen LogP contribution in [0.5, 0.6) is 0 Å². The maximum Gasteiger partial charge on any atom is 0.310 e. The molecule has 2 heteroatoms. The Morgan fingerprint density at radius 2 is 1.88 bits per heavy atom. The minimum absolute atomic E-state index is 0.399. The number of carbonyl (C=O) groups is 1. The Balaban J connectivity index is 2.49. The Kier molecular flexibility index (Phi) is 2.91. The predicted octanol–water partition coefficient (Wildman–Crippen LogP) is 3.42. The highest BCUT2D eigenvalue weighted by Gasteiger charge is 2.17. The summed E-state index contributed by atoms with van der Waals surface area (Å²) in [5, 5.41) is 11.3. The molecule has 82 valence electrons. The molecule has 16 heavy (non-hydrogen) atoms. The van der Waals surface area contributed by atoms with E-state index in [1.807, 2.05) is 49.4 Å². The van der Waals surface area contributed by atoms with Gasteiger partial charge in [-0.1, -0.05) is 49.4 Å². The maximum atomic E-state index is 11.1. The van der Waals surface area contributed by atoms with Crippen molar-refractivity contribution in [1.82, 2.24) is 0 Å². The van der Waals surface area contributed by atoms with Gasteiger partial charge in [0.2, 0.25) is 0 Å². The van der Waals surface area contributed by atoms with Gasteiger partial charge in [-0.25, -0.2) is 0 Å². The van der Waals surface area contributed by atoms with E-state index in [2.05, 4.69) is 0 Å². The summed E-state index contributed by atoms with van der Waals surface area (Å²) in [4.78, 5) is 11.1. The summed E-state index contributed by atoms with van der Waals surface area (Å²) < 4.78 is 0. The van der Waals surface area contributed by atoms with Crippen LogP contribution in [-0.2, 0) is 4.79 Å². The van der Waals surface area contributed by atoms with Gasteiger partial charge in [-0.05, 0) is 22.8 Å². The van der Waals surface area contributed by atoms with E-state index < -0.39 is 11.9 Å². The topological polar surface area (TPSA) is 37.3 Å². The SMILES string of the molecule is CC[C@H](C(=O)O)c1ccc2ccccc2c1. The van der Waals surface area contributed by atoms with Crippen molar-refractivity contribution >= 4 is 16.7 Å². The molecule has 0 fully saturated rings. The summed E-state index contributed by atoms with van der Waals surface area (Å²) >= 11 is 0. The van der Waals surface area contributed by atoms with Gasteiger partial charge in [0.05, 0.1) is 5.92 Å². The van der Waals surface area contributed by atoms with Gasteiger partial charge in [0, 0.05) is 0 Å². The molecular weight excluding hydrogens is 200 g/mol. The fourth-order valence-corrected chi connectivity index (χ4v) is 1.98. The van der Waals surface area contributed by atoms with Crippen LogP contribution in [0.2, 0.25) is 0 Å². The van der Waals surface area contributed by atoms with E-state index in [9.17, 15) is 4.79 Å². The Morgan fingerprint density at radius 1 is 1.19 bits per heavy atom. The van der Waals surface area contributed by atoms with Gasteiger partial charge in [0.15, 0.2) is 0 Å². The van der Waals surface area contributed by atoms with Crippen molar-refractivity contribution in [2.24, 2.45) is 0 Å². The van der Waals surface area contributed by atoms with Crippen molar-refractivity contribution in [3.63, 3.8) is 0 Å². The largest absolute Gasteiger partial charge is 0.481 e. The number of hydrogen-bond acceptors (Lipinski definition) is 1. The van der Waals surface area contributed by atoms with E-state index in [1.165, 1.54) is 0 Å². The quantitative estimate of drug-likeness (QED) is 0.850. The van der Waals surface area contributed by atoms with Crippen LogP contribution in [-0.4, -0.2) is 11.1 Å². The maximum absolute atomic E-state index is 11.1. The van der Waals surface area contributed by atoms with Crippen LogP contribution in [0.3, 0.4) is 0 Å². The van der Waals surface area contributed by atoms with E-state index in [-0.39, 0.29) is 0 Å². The molecule has 2 nitrogen and oxygen atoms in total. The molecular formula is C14H14O2. The monoisotopic (exact) mass is 214 g/mol. The molecule has 0 unspecified atom stereocenters. The number of rotatable bonds is 3. The van der Waals surface area contributed by atoms with E-state index in [4.69, 9.17) is 5.11 Å². The minimum atomic E-state index is -0.752. The van der Waals surface area contributed by atoms with Crippen LogP contribution in [0.1, 0.15) is 24.8 Å². The Hall–Kier alpha value is -1.83. The van der Waals surface area contributed by atoms with Crippen LogP contribution in [0.25, 0.3) is 10.8 Å². The second-order valence-corrected chi connectivity index (χ2v) is 3.91. The first-order valence-corrected chi connectivity index (χ1v) is 5.44. The molecule has 0 radical (unpaired) electrons. The zero-order chi connectivity index (χ0) is 11.5. The molecule has 0 aliphatic carbocycles. The molecule has 0 spiro atoms. The summed E-state index contributed by atoms with van der Waals surface area (Å²) in [5.74, 6) is -1.15. The van der Waals surface area contributed by atoms with Crippen molar-refractivity contribution in [1.29, 1.82) is 0 Å². The number of carboxylic acid groups (broad SMARTS) is 1. The lowest BCUT2D eigenvalue weighted by molar-refractivity contribution is -0.138. The molecule has 0 aliphatic heterocycles. The first-order valence-electron chi connectivity index (χ1n) is 5.44. The lowest BCUT2D eigenvalue weighted by Gasteiger charge is -2.10. The fraction of sp³-hybridized carbons (Fsp3) is 0.214. The molecule has 0 amide bonds. The highest BCUT2D eigenvalue weighted by molar-refractivity contribution is 5.85. The van der Waals surface area contributed by atoms with Crippen LogP contribution < -0.4 is 0 Å². The summed E-state index contributed by atoms with van der Waals surface area (Å²) in [6, 6.07) is 13.8. The third kappa shape index (κ3) is 1.91. The number of carboxylic acids is 1. The normalized spacial score (nSPS) is 12.6. The van der Waals surface area contributed by atoms with Gasteiger partial charge < -0.3 is 5.11 Å². The van der Waals surface area contributed by atoms with Crippen molar-refractivity contribution in [3.05, 3.63) is 48.0 Å². The third-order valence-corrected chi connectivity index (χ3v) is 2.88. The van der Waals surface area contributed by atoms with Crippen molar-refractivity contribution in [3.8, 4) is 0 Å². The minimum Gasteiger partial charge on any atom is -0.481 e. The van der Waals surface area contributed by atoms with Gasteiger partial charge in [-0.3, -0.25) is 4.79 Å². The van der Waals surface area contributed by atoms with Crippen molar-refractivity contribution in [2.45, 2.75) is 19.3 Å². The summed E-state index contributed by atoms with van der Waals surface area (Å²) in [5.41, 5.74) is 0.883. The standard InChI is InChI=1S/C14H14O2/c1-2-13(14(15)16)12-8-7-10-5-3-4-6-11(10)9-12/h3-9,13H,2H2,1H3,(H,15,16)/t13-/m0/s1. The summed E-state index contributed by atoms with van der Waals surface area (Å²) in [7, 11) is 0. The molecule has 0 saturated heterocycles. The van der Waals surface area contributed by atoms with E-state index in [1.54, 1.807) is 0 Å². The highest BCUT2D eigenvalue weighted by Crippen LogP contribution is 2.24. The third-order valence-electron chi connectivity index (χ3n) is 2.88. The number of hydrogen-bond donors (Lipinski definition) is 1.